The first kappa shape index (κ1) is 19.5. The summed E-state index contributed by atoms with van der Waals surface area (Å²) in [6.45, 7) is 4.20. The van der Waals surface area contributed by atoms with Crippen LogP contribution in [0.25, 0.3) is 0 Å². The molecule has 0 aliphatic carbocycles. The van der Waals surface area contributed by atoms with E-state index in [2.05, 4.69) is 16.8 Å². The minimum Gasteiger partial charge on any atom is -0.500 e. The molecule has 1 N–H and O–H groups in total. The number of thioether (sulfide) groups is 1. The molecule has 3 atom stereocenters. The Kier molecular flexibility index (Phi) is 5.31. The van der Waals surface area contributed by atoms with Crippen LogP contribution in [-0.2, 0) is 0 Å². The van der Waals surface area contributed by atoms with Gasteiger partial charge in [-0.15, -0.1) is 0 Å². The van der Waals surface area contributed by atoms with Crippen molar-refractivity contribution in [3.05, 3.63) is 57.9 Å². The number of nitro groups is 1. The van der Waals surface area contributed by atoms with Gasteiger partial charge in [-0.05, 0) is 37.1 Å². The zero-order valence-corrected chi connectivity index (χ0v) is 17.0. The van der Waals surface area contributed by atoms with Crippen LogP contribution in [0.5, 0.6) is 11.5 Å². The maximum Gasteiger partial charge on any atom is 0.315 e. The number of amidine groups is 1. The number of aliphatic imine (C=N–C) groups is 1. The number of ether oxygens (including phenoxy) is 1. The second kappa shape index (κ2) is 7.90. The number of hydrogen-bond donors (Lipinski definition) is 1. The molecule has 0 radical (unpaired) electrons. The molecule has 0 amide bonds. The van der Waals surface area contributed by atoms with E-state index < -0.39 is 10.7 Å². The molecular weight excluding hydrogens is 392 g/mol. The van der Waals surface area contributed by atoms with Crippen molar-refractivity contribution in [2.24, 2.45) is 4.99 Å². The van der Waals surface area contributed by atoms with Gasteiger partial charge in [0.25, 0.3) is 0 Å². The van der Waals surface area contributed by atoms with Crippen molar-refractivity contribution in [2.75, 3.05) is 12.4 Å². The van der Waals surface area contributed by atoms with Gasteiger partial charge in [0, 0.05) is 24.1 Å². The fourth-order valence-corrected chi connectivity index (χ4v) is 5.24. The molecule has 0 saturated carbocycles. The van der Waals surface area contributed by atoms with Crippen molar-refractivity contribution in [2.45, 2.75) is 38.4 Å². The van der Waals surface area contributed by atoms with Gasteiger partial charge in [-0.2, -0.15) is 0 Å². The molecule has 9 heteroatoms. The highest BCUT2D eigenvalue weighted by molar-refractivity contribution is 8.14. The summed E-state index contributed by atoms with van der Waals surface area (Å²) in [5.74, 6) is 0.598. The highest BCUT2D eigenvalue weighted by Gasteiger charge is 2.46. The second-order valence-corrected chi connectivity index (χ2v) is 7.90. The standard InChI is InChI=1S/C20H22N4O4S/c1-3-13-11-29-20-22-17(14-7-5-6-8-21-14)18(23(13)20)12-9-15(24(26)27)19(25)16(10-12)28-4-2/h5-10,13,17-18,25H,3-4,11H2,1-2H3/t13-,17-,18+/m1/s1. The molecule has 3 heterocycles. The van der Waals surface area contributed by atoms with Crippen molar-refractivity contribution < 1.29 is 14.8 Å². The molecular formula is C20H22N4O4S. The van der Waals surface area contributed by atoms with E-state index in [0.29, 0.717) is 12.2 Å². The van der Waals surface area contributed by atoms with Crippen LogP contribution in [-0.4, -0.2) is 43.5 Å². The van der Waals surface area contributed by atoms with Gasteiger partial charge in [0.1, 0.15) is 6.04 Å². The molecule has 2 aliphatic heterocycles. The summed E-state index contributed by atoms with van der Waals surface area (Å²) in [4.78, 5) is 22.7. The molecule has 1 aromatic heterocycles. The largest absolute Gasteiger partial charge is 0.500 e. The van der Waals surface area contributed by atoms with Gasteiger partial charge in [-0.25, -0.2) is 0 Å². The Bertz CT molecular complexity index is 953. The number of fused-ring (bicyclic) bond motifs is 1. The number of benzene rings is 1. The lowest BCUT2D eigenvalue weighted by molar-refractivity contribution is -0.386. The lowest BCUT2D eigenvalue weighted by atomic mass is 9.94. The van der Waals surface area contributed by atoms with Gasteiger partial charge >= 0.3 is 5.69 Å². The number of rotatable bonds is 6. The van der Waals surface area contributed by atoms with Crippen molar-refractivity contribution in [3.8, 4) is 11.5 Å². The molecule has 8 nitrogen and oxygen atoms in total. The summed E-state index contributed by atoms with van der Waals surface area (Å²) < 4.78 is 5.50. The third kappa shape index (κ3) is 3.39. The van der Waals surface area contributed by atoms with E-state index in [1.165, 1.54) is 6.07 Å². The molecule has 1 saturated heterocycles. The average Bonchev–Trinajstić information content (AvgIpc) is 3.29. The van der Waals surface area contributed by atoms with E-state index >= 15 is 0 Å². The van der Waals surface area contributed by atoms with E-state index in [0.717, 1.165) is 23.0 Å². The Morgan fingerprint density at radius 1 is 1.38 bits per heavy atom. The zero-order chi connectivity index (χ0) is 20.5. The average molecular weight is 414 g/mol. The Morgan fingerprint density at radius 2 is 2.21 bits per heavy atom. The molecule has 1 fully saturated rings. The second-order valence-electron chi connectivity index (χ2n) is 6.91. The number of hydrogen-bond acceptors (Lipinski definition) is 8. The molecule has 2 aromatic rings. The summed E-state index contributed by atoms with van der Waals surface area (Å²) in [6.07, 6.45) is 2.67. The highest BCUT2D eigenvalue weighted by atomic mass is 32.2. The fraction of sp³-hybridized carbons (Fsp3) is 0.400. The van der Waals surface area contributed by atoms with Crippen LogP contribution in [0.4, 0.5) is 5.69 Å². The first-order valence-corrected chi connectivity index (χ1v) is 10.6. The topological polar surface area (TPSA) is 101 Å². The normalized spacial score (nSPS) is 23.0. The molecule has 1 aromatic carbocycles. The SMILES string of the molecule is CCOc1cc([C@H]2[C@@H](c3ccccn3)N=C3SC[C@@H](CC)N32)cc([N+](=O)[O-])c1O. The minimum atomic E-state index is -0.579. The van der Waals surface area contributed by atoms with Crippen LogP contribution in [0.3, 0.4) is 0 Å². The molecule has 0 unspecified atom stereocenters. The smallest absolute Gasteiger partial charge is 0.315 e. The summed E-state index contributed by atoms with van der Waals surface area (Å²) in [5.41, 5.74) is 1.14. The first-order valence-electron chi connectivity index (χ1n) is 9.59. The Hall–Kier alpha value is -2.81. The summed E-state index contributed by atoms with van der Waals surface area (Å²) >= 11 is 1.70. The summed E-state index contributed by atoms with van der Waals surface area (Å²) in [6, 6.07) is 8.56. The van der Waals surface area contributed by atoms with Crippen molar-refractivity contribution >= 4 is 22.6 Å². The van der Waals surface area contributed by atoms with E-state index in [1.54, 1.807) is 30.9 Å². The van der Waals surface area contributed by atoms with Crippen molar-refractivity contribution in [1.82, 2.24) is 9.88 Å². The van der Waals surface area contributed by atoms with E-state index in [4.69, 9.17) is 9.73 Å². The minimum absolute atomic E-state index is 0.116. The predicted molar refractivity (Wildman–Crippen MR) is 111 cm³/mol. The molecule has 2 aliphatic rings. The van der Waals surface area contributed by atoms with Crippen LogP contribution in [0.1, 0.15) is 43.6 Å². The van der Waals surface area contributed by atoms with Crippen LogP contribution in [0.2, 0.25) is 0 Å². The number of aromatic nitrogens is 1. The number of aromatic hydroxyl groups is 1. The van der Waals surface area contributed by atoms with Crippen LogP contribution in [0.15, 0.2) is 41.5 Å². The lowest BCUT2D eigenvalue weighted by Gasteiger charge is -2.32. The number of phenols is 1. The molecule has 4 rings (SSSR count). The predicted octanol–water partition coefficient (Wildman–Crippen LogP) is 4.07. The van der Waals surface area contributed by atoms with Gasteiger partial charge in [0.2, 0.25) is 5.75 Å². The van der Waals surface area contributed by atoms with Gasteiger partial charge in [-0.1, -0.05) is 24.8 Å². The Morgan fingerprint density at radius 3 is 2.86 bits per heavy atom. The third-order valence-electron chi connectivity index (χ3n) is 5.24. The monoisotopic (exact) mass is 414 g/mol. The number of nitrogens with zero attached hydrogens (tertiary/aromatic N) is 4. The highest BCUT2D eigenvalue weighted by Crippen LogP contribution is 2.50. The first-order chi connectivity index (χ1) is 14.0. The number of nitro benzene ring substituents is 1. The van der Waals surface area contributed by atoms with Crippen LogP contribution < -0.4 is 4.74 Å². The van der Waals surface area contributed by atoms with Gasteiger partial charge in [0.15, 0.2) is 10.9 Å². The third-order valence-corrected chi connectivity index (χ3v) is 6.37. The quantitative estimate of drug-likeness (QED) is 0.561. The van der Waals surface area contributed by atoms with Gasteiger partial charge in [0.05, 0.1) is 23.3 Å². The number of phenolic OH excluding ortho intramolecular Hbond substituents is 1. The molecule has 0 bridgehead atoms. The zero-order valence-electron chi connectivity index (χ0n) is 16.2. The maximum atomic E-state index is 11.6. The van der Waals surface area contributed by atoms with Gasteiger partial charge in [-0.3, -0.25) is 20.1 Å². The fourth-order valence-electron chi connectivity index (χ4n) is 3.90. The number of pyridine rings is 1. The van der Waals surface area contributed by atoms with Crippen LogP contribution >= 0.6 is 11.8 Å². The van der Waals surface area contributed by atoms with Gasteiger partial charge < -0.3 is 14.7 Å². The Labute approximate surface area is 172 Å². The van der Waals surface area contributed by atoms with Crippen LogP contribution in [0, 0.1) is 10.1 Å². The maximum absolute atomic E-state index is 11.6. The van der Waals surface area contributed by atoms with E-state index in [-0.39, 0.29) is 29.6 Å². The lowest BCUT2D eigenvalue weighted by Crippen LogP contribution is -2.35. The van der Waals surface area contributed by atoms with E-state index in [1.807, 2.05) is 18.2 Å². The summed E-state index contributed by atoms with van der Waals surface area (Å²) in [5, 5.41) is 22.8. The molecule has 152 valence electrons. The Balaban J connectivity index is 1.86. The summed E-state index contributed by atoms with van der Waals surface area (Å²) in [7, 11) is 0. The van der Waals surface area contributed by atoms with E-state index in [9.17, 15) is 15.2 Å². The van der Waals surface area contributed by atoms with Crippen molar-refractivity contribution in [1.29, 1.82) is 0 Å². The molecule has 29 heavy (non-hydrogen) atoms. The van der Waals surface area contributed by atoms with Crippen molar-refractivity contribution in [3.63, 3.8) is 0 Å². The molecule has 0 spiro atoms.